The number of nitrogens with one attached hydrogen (secondary N) is 2. The summed E-state index contributed by atoms with van der Waals surface area (Å²) in [5, 5.41) is 5.90. The van der Waals surface area contributed by atoms with Gasteiger partial charge in [0.05, 0.1) is 0 Å². The topological polar surface area (TPSA) is 50.4 Å². The van der Waals surface area contributed by atoms with Crippen LogP contribution >= 0.6 is 0 Å². The van der Waals surface area contributed by atoms with Gasteiger partial charge in [0.2, 0.25) is 5.91 Å². The normalized spacial score (nSPS) is 10.1. The van der Waals surface area contributed by atoms with Crippen molar-refractivity contribution in [3.05, 3.63) is 54.6 Å². The van der Waals surface area contributed by atoms with Gasteiger partial charge in [-0.05, 0) is 44.3 Å². The fraction of sp³-hybridized carbons (Fsp3) is 0.235. The average Bonchev–Trinajstić information content (AvgIpc) is 2.49. The Morgan fingerprint density at radius 3 is 2.57 bits per heavy atom. The molecule has 110 valence electrons. The summed E-state index contributed by atoms with van der Waals surface area (Å²) in [7, 11) is 1.88. The Morgan fingerprint density at radius 1 is 1.05 bits per heavy atom. The van der Waals surface area contributed by atoms with Crippen LogP contribution in [-0.2, 0) is 4.79 Å². The van der Waals surface area contributed by atoms with E-state index in [1.54, 1.807) is 0 Å². The van der Waals surface area contributed by atoms with Gasteiger partial charge in [-0.2, -0.15) is 0 Å². The van der Waals surface area contributed by atoms with Crippen molar-refractivity contribution in [1.82, 2.24) is 5.32 Å². The molecule has 2 rings (SSSR count). The number of amides is 1. The van der Waals surface area contributed by atoms with Gasteiger partial charge in [0.25, 0.3) is 0 Å². The van der Waals surface area contributed by atoms with E-state index in [1.807, 2.05) is 61.6 Å². The quantitative estimate of drug-likeness (QED) is 0.766. The van der Waals surface area contributed by atoms with Crippen LogP contribution in [0.15, 0.2) is 54.6 Å². The zero-order chi connectivity index (χ0) is 14.9. The van der Waals surface area contributed by atoms with Crippen LogP contribution in [0.1, 0.15) is 12.8 Å². The first-order valence-corrected chi connectivity index (χ1v) is 7.05. The van der Waals surface area contributed by atoms with E-state index in [0.717, 1.165) is 24.4 Å². The SMILES string of the molecule is CNCCCC(=O)Nc1cccc(Oc2ccccc2)c1. The predicted octanol–water partition coefficient (Wildman–Crippen LogP) is 3.42. The highest BCUT2D eigenvalue weighted by Crippen LogP contribution is 2.23. The molecule has 0 aliphatic carbocycles. The highest BCUT2D eigenvalue weighted by atomic mass is 16.5. The van der Waals surface area contributed by atoms with Crippen LogP contribution in [0.3, 0.4) is 0 Å². The van der Waals surface area contributed by atoms with Crippen LogP contribution < -0.4 is 15.4 Å². The summed E-state index contributed by atoms with van der Waals surface area (Å²) >= 11 is 0. The van der Waals surface area contributed by atoms with Crippen molar-refractivity contribution < 1.29 is 9.53 Å². The number of hydrogen-bond donors (Lipinski definition) is 2. The maximum atomic E-state index is 11.8. The van der Waals surface area contributed by atoms with Crippen molar-refractivity contribution in [3.63, 3.8) is 0 Å². The third kappa shape index (κ3) is 5.28. The molecule has 2 aromatic carbocycles. The zero-order valence-corrected chi connectivity index (χ0v) is 12.1. The first-order valence-electron chi connectivity index (χ1n) is 7.05. The van der Waals surface area contributed by atoms with Crippen molar-refractivity contribution in [1.29, 1.82) is 0 Å². The molecule has 0 spiro atoms. The molecule has 0 fully saturated rings. The molecule has 0 aliphatic heterocycles. The number of rotatable bonds is 7. The van der Waals surface area contributed by atoms with E-state index < -0.39 is 0 Å². The third-order valence-corrected chi connectivity index (χ3v) is 2.93. The number of anilines is 1. The van der Waals surface area contributed by atoms with E-state index in [1.165, 1.54) is 0 Å². The second-order valence-electron chi connectivity index (χ2n) is 4.70. The van der Waals surface area contributed by atoms with E-state index in [2.05, 4.69) is 10.6 Å². The molecule has 0 saturated carbocycles. The summed E-state index contributed by atoms with van der Waals surface area (Å²) in [6.07, 6.45) is 1.33. The third-order valence-electron chi connectivity index (χ3n) is 2.93. The predicted molar refractivity (Wildman–Crippen MR) is 84.7 cm³/mol. The van der Waals surface area contributed by atoms with Gasteiger partial charge in [-0.3, -0.25) is 4.79 Å². The van der Waals surface area contributed by atoms with Gasteiger partial charge < -0.3 is 15.4 Å². The summed E-state index contributed by atoms with van der Waals surface area (Å²) < 4.78 is 5.74. The monoisotopic (exact) mass is 284 g/mol. The summed E-state index contributed by atoms with van der Waals surface area (Å²) in [6, 6.07) is 17.0. The molecular weight excluding hydrogens is 264 g/mol. The molecule has 2 aromatic rings. The van der Waals surface area contributed by atoms with Crippen LogP contribution in [0.2, 0.25) is 0 Å². The first-order chi connectivity index (χ1) is 10.3. The second-order valence-corrected chi connectivity index (χ2v) is 4.70. The molecule has 0 aliphatic rings. The van der Waals surface area contributed by atoms with Crippen molar-refractivity contribution in [2.75, 3.05) is 18.9 Å². The minimum Gasteiger partial charge on any atom is -0.457 e. The van der Waals surface area contributed by atoms with E-state index in [9.17, 15) is 4.79 Å². The molecule has 4 heteroatoms. The van der Waals surface area contributed by atoms with Crippen molar-refractivity contribution in [2.24, 2.45) is 0 Å². The minimum absolute atomic E-state index is 0.0158. The largest absolute Gasteiger partial charge is 0.457 e. The number of hydrogen-bond acceptors (Lipinski definition) is 3. The molecule has 0 aromatic heterocycles. The van der Waals surface area contributed by atoms with Crippen LogP contribution in [0.5, 0.6) is 11.5 Å². The number of para-hydroxylation sites is 1. The Kier molecular flexibility index (Phi) is 5.79. The lowest BCUT2D eigenvalue weighted by Crippen LogP contribution is -2.15. The van der Waals surface area contributed by atoms with Gasteiger partial charge in [0.15, 0.2) is 0 Å². The Balaban J connectivity index is 1.93. The Hall–Kier alpha value is -2.33. The van der Waals surface area contributed by atoms with Crippen molar-refractivity contribution in [2.45, 2.75) is 12.8 Å². The van der Waals surface area contributed by atoms with E-state index in [4.69, 9.17) is 4.74 Å². The molecule has 0 saturated heterocycles. The zero-order valence-electron chi connectivity index (χ0n) is 12.1. The van der Waals surface area contributed by atoms with Gasteiger partial charge >= 0.3 is 0 Å². The molecule has 0 bridgehead atoms. The maximum absolute atomic E-state index is 11.8. The molecule has 0 radical (unpaired) electrons. The number of carbonyl (C=O) groups excluding carboxylic acids is 1. The fourth-order valence-electron chi connectivity index (χ4n) is 1.91. The summed E-state index contributed by atoms with van der Waals surface area (Å²) in [6.45, 7) is 0.838. The van der Waals surface area contributed by atoms with Crippen molar-refractivity contribution >= 4 is 11.6 Å². The summed E-state index contributed by atoms with van der Waals surface area (Å²) in [5.41, 5.74) is 0.748. The maximum Gasteiger partial charge on any atom is 0.224 e. The van der Waals surface area contributed by atoms with Crippen LogP contribution in [0.4, 0.5) is 5.69 Å². The molecule has 2 N–H and O–H groups in total. The van der Waals surface area contributed by atoms with E-state index in [-0.39, 0.29) is 5.91 Å². The lowest BCUT2D eigenvalue weighted by atomic mass is 10.2. The van der Waals surface area contributed by atoms with Gasteiger partial charge in [-0.15, -0.1) is 0 Å². The first kappa shape index (κ1) is 15.1. The Morgan fingerprint density at radius 2 is 1.81 bits per heavy atom. The molecule has 0 atom stereocenters. The second kappa shape index (κ2) is 8.07. The fourth-order valence-corrected chi connectivity index (χ4v) is 1.91. The van der Waals surface area contributed by atoms with Crippen molar-refractivity contribution in [3.8, 4) is 11.5 Å². The van der Waals surface area contributed by atoms with Crippen LogP contribution in [-0.4, -0.2) is 19.5 Å². The summed E-state index contributed by atoms with van der Waals surface area (Å²) in [4.78, 5) is 11.8. The molecule has 21 heavy (non-hydrogen) atoms. The molecule has 0 unspecified atom stereocenters. The smallest absolute Gasteiger partial charge is 0.224 e. The Bertz CT molecular complexity index is 570. The molecular formula is C17H20N2O2. The van der Waals surface area contributed by atoms with Crippen LogP contribution in [0, 0.1) is 0 Å². The van der Waals surface area contributed by atoms with Gasteiger partial charge in [-0.1, -0.05) is 24.3 Å². The van der Waals surface area contributed by atoms with E-state index >= 15 is 0 Å². The lowest BCUT2D eigenvalue weighted by Gasteiger charge is -2.09. The van der Waals surface area contributed by atoms with Gasteiger partial charge in [0, 0.05) is 18.2 Å². The standard InChI is InChI=1S/C17H20N2O2/c1-18-12-6-11-17(20)19-14-7-5-10-16(13-14)21-15-8-3-2-4-9-15/h2-5,7-10,13,18H,6,11-12H2,1H3,(H,19,20). The van der Waals surface area contributed by atoms with E-state index in [0.29, 0.717) is 12.2 Å². The molecule has 1 amide bonds. The number of benzene rings is 2. The molecule has 0 heterocycles. The van der Waals surface area contributed by atoms with Gasteiger partial charge in [0.1, 0.15) is 11.5 Å². The van der Waals surface area contributed by atoms with Crippen LogP contribution in [0.25, 0.3) is 0 Å². The molecule has 4 nitrogen and oxygen atoms in total. The van der Waals surface area contributed by atoms with Gasteiger partial charge in [-0.25, -0.2) is 0 Å². The summed E-state index contributed by atoms with van der Waals surface area (Å²) in [5.74, 6) is 1.49. The average molecular weight is 284 g/mol. The highest BCUT2D eigenvalue weighted by Gasteiger charge is 2.03. The Labute approximate surface area is 125 Å². The highest BCUT2D eigenvalue weighted by molar-refractivity contribution is 5.90. The lowest BCUT2D eigenvalue weighted by molar-refractivity contribution is -0.116. The number of carbonyl (C=O) groups is 1. The number of ether oxygens (including phenoxy) is 1. The minimum atomic E-state index is 0.0158.